The summed E-state index contributed by atoms with van der Waals surface area (Å²) < 4.78 is 2.34. The molecule has 0 unspecified atom stereocenters. The van der Waals surface area contributed by atoms with Gasteiger partial charge in [-0.1, -0.05) is 29.8 Å². The summed E-state index contributed by atoms with van der Waals surface area (Å²) in [6.45, 7) is 0. The molecule has 2 aromatic rings. The van der Waals surface area contributed by atoms with Crippen molar-refractivity contribution in [3.05, 3.63) is 57.3 Å². The van der Waals surface area contributed by atoms with Gasteiger partial charge in [-0.3, -0.25) is 4.79 Å². The molecular weight excluding hydrogens is 360 g/mol. The molecule has 0 aliphatic rings. The number of halogens is 2. The van der Waals surface area contributed by atoms with Crippen molar-refractivity contribution in [3.63, 3.8) is 0 Å². The lowest BCUT2D eigenvalue weighted by molar-refractivity contribution is -0.139. The zero-order valence-electron chi connectivity index (χ0n) is 11.0. The minimum atomic E-state index is -1.21. The summed E-state index contributed by atoms with van der Waals surface area (Å²) in [6.07, 6.45) is 1.71. The number of hydrogen-bond acceptors (Lipinski definition) is 2. The molecule has 110 valence electrons. The van der Waals surface area contributed by atoms with E-state index in [2.05, 4.69) is 21.2 Å². The van der Waals surface area contributed by atoms with Crippen molar-refractivity contribution in [3.8, 4) is 0 Å². The Labute approximate surface area is 134 Å². The van der Waals surface area contributed by atoms with Gasteiger partial charge in [0.1, 0.15) is 5.69 Å². The van der Waals surface area contributed by atoms with Gasteiger partial charge in [-0.15, -0.1) is 0 Å². The van der Waals surface area contributed by atoms with Gasteiger partial charge in [0.05, 0.1) is 0 Å². The number of nitrogens with zero attached hydrogens (tertiary/aromatic N) is 1. The number of hydrogen-bond donors (Lipinski definition) is 2. The summed E-state index contributed by atoms with van der Waals surface area (Å²) in [7, 11) is 1.70. The van der Waals surface area contributed by atoms with E-state index in [4.69, 9.17) is 11.6 Å². The van der Waals surface area contributed by atoms with Crippen LogP contribution in [-0.2, 0) is 11.8 Å². The van der Waals surface area contributed by atoms with Crippen molar-refractivity contribution in [1.29, 1.82) is 0 Å². The smallest absolute Gasteiger partial charge is 0.330 e. The predicted molar refractivity (Wildman–Crippen MR) is 82.4 cm³/mol. The van der Waals surface area contributed by atoms with Gasteiger partial charge in [-0.25, -0.2) is 4.79 Å². The molecule has 0 saturated carbocycles. The van der Waals surface area contributed by atoms with E-state index in [-0.39, 0.29) is 0 Å². The number of nitrogens with one attached hydrogen (secondary N) is 1. The molecule has 2 rings (SSSR count). The molecule has 0 radical (unpaired) electrons. The van der Waals surface area contributed by atoms with E-state index in [0.29, 0.717) is 16.3 Å². The lowest BCUT2D eigenvalue weighted by Crippen LogP contribution is -2.34. The van der Waals surface area contributed by atoms with Crippen LogP contribution in [0, 0.1) is 0 Å². The van der Waals surface area contributed by atoms with Gasteiger partial charge in [-0.05, 0) is 28.1 Å². The van der Waals surface area contributed by atoms with Gasteiger partial charge >= 0.3 is 5.97 Å². The first kappa shape index (κ1) is 15.6. The maximum Gasteiger partial charge on any atom is 0.330 e. The highest BCUT2D eigenvalue weighted by atomic mass is 79.9. The maximum atomic E-state index is 12.2. The standard InChI is InChI=1S/C14H12BrClN2O3/c1-18-7-8(15)6-11(18)13(19)17-12(14(20)21)9-4-2-3-5-10(9)16/h2-7,12H,1H3,(H,17,19)(H,20,21)/t12-/m1/s1. The number of carbonyl (C=O) groups is 2. The molecule has 1 heterocycles. The van der Waals surface area contributed by atoms with Crippen LogP contribution in [0.15, 0.2) is 41.0 Å². The van der Waals surface area contributed by atoms with Crippen LogP contribution < -0.4 is 5.32 Å². The summed E-state index contributed by atoms with van der Waals surface area (Å²) in [4.78, 5) is 23.6. The molecule has 0 aliphatic heterocycles. The number of benzene rings is 1. The van der Waals surface area contributed by atoms with Crippen LogP contribution in [0.5, 0.6) is 0 Å². The number of carboxylic acid groups (broad SMARTS) is 1. The molecule has 0 spiro atoms. The van der Waals surface area contributed by atoms with E-state index < -0.39 is 17.9 Å². The van der Waals surface area contributed by atoms with Crippen LogP contribution in [0.3, 0.4) is 0 Å². The second-order valence-electron chi connectivity index (χ2n) is 4.42. The Morgan fingerprint density at radius 2 is 2.05 bits per heavy atom. The molecule has 21 heavy (non-hydrogen) atoms. The Morgan fingerprint density at radius 1 is 1.38 bits per heavy atom. The summed E-state index contributed by atoms with van der Waals surface area (Å²) in [5, 5.41) is 12.1. The Balaban J connectivity index is 2.29. The lowest BCUT2D eigenvalue weighted by atomic mass is 10.1. The van der Waals surface area contributed by atoms with Gasteiger partial charge in [0, 0.05) is 28.3 Å². The number of amides is 1. The van der Waals surface area contributed by atoms with Crippen LogP contribution in [0.2, 0.25) is 5.02 Å². The number of rotatable bonds is 4. The minimum Gasteiger partial charge on any atom is -0.479 e. The quantitative estimate of drug-likeness (QED) is 0.868. The fourth-order valence-electron chi connectivity index (χ4n) is 1.94. The SMILES string of the molecule is Cn1cc(Br)cc1C(=O)N[C@@H](C(=O)O)c1ccccc1Cl. The summed E-state index contributed by atoms with van der Waals surface area (Å²) >= 11 is 9.27. The van der Waals surface area contributed by atoms with Crippen LogP contribution in [0.4, 0.5) is 0 Å². The van der Waals surface area contributed by atoms with Crippen molar-refractivity contribution in [1.82, 2.24) is 9.88 Å². The molecule has 1 aromatic heterocycles. The molecule has 0 fully saturated rings. The van der Waals surface area contributed by atoms with E-state index in [1.165, 1.54) is 0 Å². The largest absolute Gasteiger partial charge is 0.479 e. The molecule has 1 atom stereocenters. The normalized spacial score (nSPS) is 12.0. The molecule has 0 bridgehead atoms. The Hall–Kier alpha value is -1.79. The third-order valence-corrected chi connectivity index (χ3v) is 3.72. The number of carbonyl (C=O) groups excluding carboxylic acids is 1. The maximum absolute atomic E-state index is 12.2. The predicted octanol–water partition coefficient (Wildman–Crippen LogP) is 3.00. The lowest BCUT2D eigenvalue weighted by Gasteiger charge is -2.16. The van der Waals surface area contributed by atoms with Crippen molar-refractivity contribution in [2.24, 2.45) is 7.05 Å². The topological polar surface area (TPSA) is 71.3 Å². The number of carboxylic acids is 1. The van der Waals surface area contributed by atoms with E-state index in [9.17, 15) is 14.7 Å². The van der Waals surface area contributed by atoms with E-state index in [1.807, 2.05) is 0 Å². The first-order valence-electron chi connectivity index (χ1n) is 6.00. The summed E-state index contributed by atoms with van der Waals surface area (Å²) in [5.74, 6) is -1.67. The molecule has 7 heteroatoms. The number of aryl methyl sites for hydroxylation is 1. The van der Waals surface area contributed by atoms with Crippen molar-refractivity contribution in [2.45, 2.75) is 6.04 Å². The monoisotopic (exact) mass is 370 g/mol. The first-order valence-corrected chi connectivity index (χ1v) is 7.17. The van der Waals surface area contributed by atoms with Crippen molar-refractivity contribution < 1.29 is 14.7 Å². The Bertz CT molecular complexity index is 699. The van der Waals surface area contributed by atoms with Gasteiger partial charge in [0.15, 0.2) is 6.04 Å². The number of aliphatic carboxylic acids is 1. The van der Waals surface area contributed by atoms with Crippen molar-refractivity contribution >= 4 is 39.4 Å². The number of aromatic nitrogens is 1. The summed E-state index contributed by atoms with van der Waals surface area (Å²) in [6, 6.07) is 6.92. The molecule has 0 saturated heterocycles. The molecule has 5 nitrogen and oxygen atoms in total. The fourth-order valence-corrected chi connectivity index (χ4v) is 2.71. The first-order chi connectivity index (χ1) is 9.90. The van der Waals surface area contributed by atoms with Gasteiger partial charge in [0.25, 0.3) is 5.91 Å². The average molecular weight is 372 g/mol. The summed E-state index contributed by atoms with van der Waals surface area (Å²) in [5.41, 5.74) is 0.688. The van der Waals surface area contributed by atoms with Crippen LogP contribution >= 0.6 is 27.5 Å². The zero-order valence-corrected chi connectivity index (χ0v) is 13.4. The highest BCUT2D eigenvalue weighted by Gasteiger charge is 2.25. The van der Waals surface area contributed by atoms with Crippen LogP contribution in [0.1, 0.15) is 22.1 Å². The fraction of sp³-hybridized carbons (Fsp3) is 0.143. The molecule has 1 aromatic carbocycles. The molecule has 2 N–H and O–H groups in total. The Morgan fingerprint density at radius 3 is 2.57 bits per heavy atom. The third-order valence-electron chi connectivity index (χ3n) is 2.94. The van der Waals surface area contributed by atoms with Gasteiger partial charge in [-0.2, -0.15) is 0 Å². The average Bonchev–Trinajstić information content (AvgIpc) is 2.75. The van der Waals surface area contributed by atoms with E-state index >= 15 is 0 Å². The second-order valence-corrected chi connectivity index (χ2v) is 5.74. The highest BCUT2D eigenvalue weighted by Crippen LogP contribution is 2.23. The van der Waals surface area contributed by atoms with E-state index in [1.54, 1.807) is 48.1 Å². The van der Waals surface area contributed by atoms with Crippen LogP contribution in [0.25, 0.3) is 0 Å². The van der Waals surface area contributed by atoms with Crippen molar-refractivity contribution in [2.75, 3.05) is 0 Å². The minimum absolute atomic E-state index is 0.290. The molecule has 1 amide bonds. The molecule has 0 aliphatic carbocycles. The Kier molecular flexibility index (Phi) is 4.69. The molecular formula is C14H12BrClN2O3. The third kappa shape index (κ3) is 3.46. The zero-order chi connectivity index (χ0) is 15.6. The van der Waals surface area contributed by atoms with Crippen LogP contribution in [-0.4, -0.2) is 21.6 Å². The second kappa shape index (κ2) is 6.32. The van der Waals surface area contributed by atoms with Gasteiger partial charge in [0.2, 0.25) is 0 Å². The highest BCUT2D eigenvalue weighted by molar-refractivity contribution is 9.10. The van der Waals surface area contributed by atoms with Gasteiger partial charge < -0.3 is 15.0 Å². The van der Waals surface area contributed by atoms with E-state index in [0.717, 1.165) is 4.47 Å².